The number of amides is 1. The summed E-state index contributed by atoms with van der Waals surface area (Å²) in [5.74, 6) is 1.60. The fourth-order valence-corrected chi connectivity index (χ4v) is 5.95. The number of hydrogen-bond acceptors (Lipinski definition) is 6. The van der Waals surface area contributed by atoms with E-state index in [9.17, 15) is 14.4 Å². The standard InChI is InChI=1S/C21H27NO6/c1-26-20(25)17-3-2-16(28-17)12-27-19(24)11-22-18(23)10-21-7-13-4-14(8-21)6-15(5-13)9-21/h2-3,13-15H,4-12H2,1H3,(H,22,23). The van der Waals surface area contributed by atoms with Gasteiger partial charge in [-0.3, -0.25) is 9.59 Å². The number of methoxy groups -OCH3 is 1. The maximum absolute atomic E-state index is 12.4. The molecule has 0 saturated heterocycles. The van der Waals surface area contributed by atoms with Crippen LogP contribution in [0.25, 0.3) is 0 Å². The molecule has 0 atom stereocenters. The summed E-state index contributed by atoms with van der Waals surface area (Å²) in [5.41, 5.74) is 0.154. The number of nitrogens with one attached hydrogen (secondary N) is 1. The molecule has 0 spiro atoms. The largest absolute Gasteiger partial charge is 0.463 e. The summed E-state index contributed by atoms with van der Waals surface area (Å²) >= 11 is 0. The number of carbonyl (C=O) groups is 3. The lowest BCUT2D eigenvalue weighted by Gasteiger charge is -2.56. The first kappa shape index (κ1) is 19.0. The van der Waals surface area contributed by atoms with Crippen LogP contribution >= 0.6 is 0 Å². The predicted octanol–water partition coefficient (Wildman–Crippen LogP) is 2.83. The van der Waals surface area contributed by atoms with Crippen LogP contribution in [0.5, 0.6) is 0 Å². The number of furan rings is 1. The smallest absolute Gasteiger partial charge is 0.373 e. The lowest BCUT2D eigenvalue weighted by Crippen LogP contribution is -2.48. The van der Waals surface area contributed by atoms with E-state index in [1.54, 1.807) is 6.07 Å². The van der Waals surface area contributed by atoms with Gasteiger partial charge in [-0.25, -0.2) is 4.79 Å². The third-order valence-corrected chi connectivity index (χ3v) is 6.55. The molecule has 7 nitrogen and oxygen atoms in total. The van der Waals surface area contributed by atoms with Crippen LogP contribution in [0.3, 0.4) is 0 Å². The number of ether oxygens (including phenoxy) is 2. The number of hydrogen-bond donors (Lipinski definition) is 1. The molecule has 1 amide bonds. The first-order chi connectivity index (χ1) is 13.4. The zero-order valence-electron chi connectivity index (χ0n) is 16.2. The molecule has 1 heterocycles. The fourth-order valence-electron chi connectivity index (χ4n) is 5.95. The van der Waals surface area contributed by atoms with Gasteiger partial charge < -0.3 is 19.2 Å². The second-order valence-electron chi connectivity index (χ2n) is 8.79. The van der Waals surface area contributed by atoms with E-state index in [0.29, 0.717) is 12.2 Å². The summed E-state index contributed by atoms with van der Waals surface area (Å²) in [6, 6.07) is 3.01. The molecule has 152 valence electrons. The third kappa shape index (κ3) is 4.08. The van der Waals surface area contributed by atoms with E-state index in [1.165, 1.54) is 51.7 Å². The summed E-state index contributed by atoms with van der Waals surface area (Å²) in [6.07, 6.45) is 8.05. The maximum atomic E-state index is 12.4. The quantitative estimate of drug-likeness (QED) is 0.721. The van der Waals surface area contributed by atoms with Gasteiger partial charge in [0.1, 0.15) is 18.9 Å². The first-order valence-electron chi connectivity index (χ1n) is 10.0. The van der Waals surface area contributed by atoms with E-state index in [-0.39, 0.29) is 30.2 Å². The monoisotopic (exact) mass is 389 g/mol. The van der Waals surface area contributed by atoms with Crippen LogP contribution in [0, 0.1) is 23.2 Å². The highest BCUT2D eigenvalue weighted by atomic mass is 16.6. The molecule has 5 rings (SSSR count). The van der Waals surface area contributed by atoms with Crippen molar-refractivity contribution in [1.82, 2.24) is 5.32 Å². The van der Waals surface area contributed by atoms with Gasteiger partial charge >= 0.3 is 11.9 Å². The molecule has 4 bridgehead atoms. The molecule has 1 N–H and O–H groups in total. The lowest BCUT2D eigenvalue weighted by atomic mass is 9.49. The van der Waals surface area contributed by atoms with E-state index in [1.807, 2.05) is 0 Å². The van der Waals surface area contributed by atoms with Crippen molar-refractivity contribution in [2.75, 3.05) is 13.7 Å². The van der Waals surface area contributed by atoms with Crippen LogP contribution in [-0.2, 0) is 25.7 Å². The molecule has 1 aromatic rings. The molecule has 0 radical (unpaired) electrons. The summed E-state index contributed by atoms with van der Waals surface area (Å²) < 4.78 is 14.9. The van der Waals surface area contributed by atoms with Gasteiger partial charge in [-0.15, -0.1) is 0 Å². The van der Waals surface area contributed by atoms with Crippen LogP contribution in [0.15, 0.2) is 16.5 Å². The Kier molecular flexibility index (Phi) is 5.17. The maximum Gasteiger partial charge on any atom is 0.373 e. The van der Waals surface area contributed by atoms with Gasteiger partial charge in [0.25, 0.3) is 0 Å². The number of esters is 2. The predicted molar refractivity (Wildman–Crippen MR) is 98.1 cm³/mol. The van der Waals surface area contributed by atoms with E-state index >= 15 is 0 Å². The van der Waals surface area contributed by atoms with Gasteiger partial charge in [0.2, 0.25) is 11.7 Å². The van der Waals surface area contributed by atoms with E-state index in [0.717, 1.165) is 17.8 Å². The second kappa shape index (κ2) is 7.60. The van der Waals surface area contributed by atoms with Gasteiger partial charge in [0.05, 0.1) is 7.11 Å². The molecule has 28 heavy (non-hydrogen) atoms. The molecule has 7 heteroatoms. The summed E-state index contributed by atoms with van der Waals surface area (Å²) in [4.78, 5) is 35.7. The Hall–Kier alpha value is -2.31. The van der Waals surface area contributed by atoms with Gasteiger partial charge in [-0.1, -0.05) is 0 Å². The Balaban J connectivity index is 1.20. The van der Waals surface area contributed by atoms with Crippen molar-refractivity contribution in [3.05, 3.63) is 23.7 Å². The van der Waals surface area contributed by atoms with Crippen LogP contribution in [0.4, 0.5) is 0 Å². The highest BCUT2D eigenvalue weighted by Crippen LogP contribution is 2.61. The summed E-state index contributed by atoms with van der Waals surface area (Å²) in [7, 11) is 1.26. The van der Waals surface area contributed by atoms with Crippen molar-refractivity contribution < 1.29 is 28.3 Å². The van der Waals surface area contributed by atoms with Crippen molar-refractivity contribution in [1.29, 1.82) is 0 Å². The van der Waals surface area contributed by atoms with Gasteiger partial charge in [0.15, 0.2) is 0 Å². The highest BCUT2D eigenvalue weighted by Gasteiger charge is 2.51. The lowest BCUT2D eigenvalue weighted by molar-refractivity contribution is -0.146. The average Bonchev–Trinajstić information content (AvgIpc) is 3.11. The van der Waals surface area contributed by atoms with Crippen molar-refractivity contribution in [2.45, 2.75) is 51.6 Å². The summed E-state index contributed by atoms with van der Waals surface area (Å²) in [6.45, 7) is -0.254. The Morgan fingerprint density at radius 1 is 1.11 bits per heavy atom. The molecule has 4 aliphatic carbocycles. The normalized spacial score (nSPS) is 30.1. The number of carbonyl (C=O) groups excluding carboxylic acids is 3. The molecule has 0 aliphatic heterocycles. The van der Waals surface area contributed by atoms with Gasteiger partial charge in [-0.2, -0.15) is 0 Å². The van der Waals surface area contributed by atoms with Crippen molar-refractivity contribution in [3.63, 3.8) is 0 Å². The average molecular weight is 389 g/mol. The van der Waals surface area contributed by atoms with Gasteiger partial charge in [0, 0.05) is 6.42 Å². The molecule has 0 aromatic carbocycles. The zero-order valence-corrected chi connectivity index (χ0v) is 16.2. The molecule has 0 unspecified atom stereocenters. The molecular weight excluding hydrogens is 362 g/mol. The molecule has 4 aliphatic rings. The fraction of sp³-hybridized carbons (Fsp3) is 0.667. The van der Waals surface area contributed by atoms with E-state index in [4.69, 9.17) is 9.15 Å². The Morgan fingerprint density at radius 2 is 1.75 bits per heavy atom. The minimum Gasteiger partial charge on any atom is -0.463 e. The Morgan fingerprint density at radius 3 is 2.36 bits per heavy atom. The zero-order chi connectivity index (χ0) is 19.7. The van der Waals surface area contributed by atoms with Gasteiger partial charge in [-0.05, 0) is 73.8 Å². The molecular formula is C21H27NO6. The Bertz CT molecular complexity index is 731. The first-order valence-corrected chi connectivity index (χ1v) is 10.0. The van der Waals surface area contributed by atoms with Crippen molar-refractivity contribution in [3.8, 4) is 0 Å². The molecule has 4 fully saturated rings. The Labute approximate surface area is 164 Å². The topological polar surface area (TPSA) is 94.8 Å². The van der Waals surface area contributed by atoms with E-state index in [2.05, 4.69) is 10.1 Å². The molecule has 4 saturated carbocycles. The van der Waals surface area contributed by atoms with Crippen LogP contribution in [0.2, 0.25) is 0 Å². The minimum atomic E-state index is -0.588. The number of rotatable bonds is 7. The highest BCUT2D eigenvalue weighted by molar-refractivity contribution is 5.86. The molecule has 1 aromatic heterocycles. The second-order valence-corrected chi connectivity index (χ2v) is 8.79. The van der Waals surface area contributed by atoms with Crippen molar-refractivity contribution >= 4 is 17.8 Å². The van der Waals surface area contributed by atoms with Crippen LogP contribution in [0.1, 0.15) is 61.3 Å². The van der Waals surface area contributed by atoms with E-state index < -0.39 is 11.9 Å². The van der Waals surface area contributed by atoms with Crippen LogP contribution < -0.4 is 5.32 Å². The van der Waals surface area contributed by atoms with Crippen molar-refractivity contribution in [2.24, 2.45) is 23.2 Å². The summed E-state index contributed by atoms with van der Waals surface area (Å²) in [5, 5.41) is 2.71. The SMILES string of the molecule is COC(=O)c1ccc(COC(=O)CNC(=O)CC23CC4CC(CC(C4)C2)C3)o1. The minimum absolute atomic E-state index is 0.0532. The van der Waals surface area contributed by atoms with Crippen LogP contribution in [-0.4, -0.2) is 31.5 Å². The third-order valence-electron chi connectivity index (χ3n) is 6.55.